The third kappa shape index (κ3) is 3.67. The molecule has 0 aliphatic heterocycles. The highest BCUT2D eigenvalue weighted by molar-refractivity contribution is 5.56. The van der Waals surface area contributed by atoms with Gasteiger partial charge in [0.25, 0.3) is 0 Å². The molecular weight excluding hydrogens is 250 g/mol. The summed E-state index contributed by atoms with van der Waals surface area (Å²) in [6, 6.07) is 15.9. The minimum absolute atomic E-state index is 0.0704. The normalized spacial score (nSPS) is 11.8. The van der Waals surface area contributed by atoms with Crippen molar-refractivity contribution in [3.8, 4) is 11.5 Å². The Kier molecular flexibility index (Phi) is 4.88. The lowest BCUT2D eigenvalue weighted by molar-refractivity contribution is 0.233. The maximum Gasteiger partial charge on any atom is 0.141 e. The Labute approximate surface area is 120 Å². The van der Waals surface area contributed by atoms with Gasteiger partial charge in [0.2, 0.25) is 0 Å². The zero-order valence-electron chi connectivity index (χ0n) is 12.2. The van der Waals surface area contributed by atoms with Crippen molar-refractivity contribution in [3.05, 3.63) is 54.1 Å². The van der Waals surface area contributed by atoms with E-state index in [-0.39, 0.29) is 6.10 Å². The third-order valence-corrected chi connectivity index (χ3v) is 3.11. The summed E-state index contributed by atoms with van der Waals surface area (Å²) in [5.41, 5.74) is 2.13. The van der Waals surface area contributed by atoms with Crippen molar-refractivity contribution in [3.63, 3.8) is 0 Å². The Hall–Kier alpha value is -2.16. The van der Waals surface area contributed by atoms with Gasteiger partial charge in [-0.25, -0.2) is 0 Å². The molecular formula is C17H21NO2. The molecule has 0 fully saturated rings. The molecule has 3 nitrogen and oxygen atoms in total. The van der Waals surface area contributed by atoms with E-state index in [4.69, 9.17) is 9.47 Å². The number of anilines is 1. The number of benzene rings is 2. The molecule has 1 N–H and O–H groups in total. The standard InChI is InChI=1S/C17H21NO2/c1-13-8-4-6-10-16(13)20-14(2)12-18-15-9-5-7-11-17(15)19-3/h4-11,14,18H,12H2,1-3H3. The van der Waals surface area contributed by atoms with Gasteiger partial charge in [0.05, 0.1) is 19.3 Å². The molecule has 1 atom stereocenters. The minimum atomic E-state index is 0.0704. The van der Waals surface area contributed by atoms with Gasteiger partial charge in [0, 0.05) is 0 Å². The lowest BCUT2D eigenvalue weighted by Crippen LogP contribution is -2.23. The summed E-state index contributed by atoms with van der Waals surface area (Å²) in [6.45, 7) is 4.82. The quantitative estimate of drug-likeness (QED) is 0.864. The van der Waals surface area contributed by atoms with Gasteiger partial charge in [-0.3, -0.25) is 0 Å². The summed E-state index contributed by atoms with van der Waals surface area (Å²) in [7, 11) is 1.67. The molecule has 0 amide bonds. The summed E-state index contributed by atoms with van der Waals surface area (Å²) in [6.07, 6.45) is 0.0704. The molecule has 0 heterocycles. The van der Waals surface area contributed by atoms with Crippen LogP contribution in [0.5, 0.6) is 11.5 Å². The Bertz CT molecular complexity index is 554. The number of para-hydroxylation sites is 3. The second-order valence-electron chi connectivity index (χ2n) is 4.78. The molecule has 0 saturated heterocycles. The van der Waals surface area contributed by atoms with E-state index in [1.807, 2.05) is 42.5 Å². The van der Waals surface area contributed by atoms with Crippen molar-refractivity contribution < 1.29 is 9.47 Å². The summed E-state index contributed by atoms with van der Waals surface area (Å²) >= 11 is 0. The Balaban J connectivity index is 1.92. The summed E-state index contributed by atoms with van der Waals surface area (Å²) in [5, 5.41) is 3.35. The zero-order valence-corrected chi connectivity index (χ0v) is 12.2. The van der Waals surface area contributed by atoms with E-state index in [0.717, 1.165) is 22.7 Å². The molecule has 0 spiro atoms. The second-order valence-corrected chi connectivity index (χ2v) is 4.78. The molecule has 0 radical (unpaired) electrons. The van der Waals surface area contributed by atoms with Crippen molar-refractivity contribution in [2.45, 2.75) is 20.0 Å². The van der Waals surface area contributed by atoms with Crippen LogP contribution in [0.3, 0.4) is 0 Å². The zero-order chi connectivity index (χ0) is 14.4. The monoisotopic (exact) mass is 271 g/mol. The van der Waals surface area contributed by atoms with Crippen LogP contribution in [0.1, 0.15) is 12.5 Å². The van der Waals surface area contributed by atoms with Gasteiger partial charge in [-0.1, -0.05) is 30.3 Å². The van der Waals surface area contributed by atoms with Gasteiger partial charge in [-0.05, 0) is 37.6 Å². The highest BCUT2D eigenvalue weighted by Crippen LogP contribution is 2.23. The van der Waals surface area contributed by atoms with Gasteiger partial charge >= 0.3 is 0 Å². The molecule has 0 aliphatic carbocycles. The van der Waals surface area contributed by atoms with Gasteiger partial charge in [0.1, 0.15) is 17.6 Å². The molecule has 1 unspecified atom stereocenters. The van der Waals surface area contributed by atoms with Gasteiger partial charge in [0.15, 0.2) is 0 Å². The number of hydrogen-bond donors (Lipinski definition) is 1. The number of hydrogen-bond acceptors (Lipinski definition) is 3. The van der Waals surface area contributed by atoms with Crippen LogP contribution >= 0.6 is 0 Å². The summed E-state index contributed by atoms with van der Waals surface area (Å²) < 4.78 is 11.2. The van der Waals surface area contributed by atoms with Crippen molar-refractivity contribution in [1.29, 1.82) is 0 Å². The van der Waals surface area contributed by atoms with E-state index < -0.39 is 0 Å². The van der Waals surface area contributed by atoms with Crippen LogP contribution in [-0.4, -0.2) is 19.8 Å². The van der Waals surface area contributed by atoms with Crippen LogP contribution < -0.4 is 14.8 Å². The topological polar surface area (TPSA) is 30.5 Å². The largest absolute Gasteiger partial charge is 0.495 e. The highest BCUT2D eigenvalue weighted by Gasteiger charge is 2.07. The van der Waals surface area contributed by atoms with E-state index in [1.54, 1.807) is 7.11 Å². The van der Waals surface area contributed by atoms with Crippen LogP contribution in [0.25, 0.3) is 0 Å². The molecule has 2 rings (SSSR count). The lowest BCUT2D eigenvalue weighted by Gasteiger charge is -2.18. The Morgan fingerprint density at radius 1 is 1.00 bits per heavy atom. The first kappa shape index (κ1) is 14.3. The Morgan fingerprint density at radius 2 is 1.65 bits per heavy atom. The first-order chi connectivity index (χ1) is 9.70. The fourth-order valence-corrected chi connectivity index (χ4v) is 1.99. The fourth-order valence-electron chi connectivity index (χ4n) is 1.99. The van der Waals surface area contributed by atoms with Crippen LogP contribution in [0.2, 0.25) is 0 Å². The van der Waals surface area contributed by atoms with Crippen molar-refractivity contribution in [1.82, 2.24) is 0 Å². The molecule has 0 aliphatic rings. The fraction of sp³-hybridized carbons (Fsp3) is 0.294. The van der Waals surface area contributed by atoms with Crippen molar-refractivity contribution >= 4 is 5.69 Å². The lowest BCUT2D eigenvalue weighted by atomic mass is 10.2. The molecule has 0 aromatic heterocycles. The maximum atomic E-state index is 5.94. The van der Waals surface area contributed by atoms with E-state index >= 15 is 0 Å². The summed E-state index contributed by atoms with van der Waals surface area (Å²) in [4.78, 5) is 0. The predicted molar refractivity (Wildman–Crippen MR) is 82.8 cm³/mol. The highest BCUT2D eigenvalue weighted by atomic mass is 16.5. The van der Waals surface area contributed by atoms with E-state index in [0.29, 0.717) is 6.54 Å². The first-order valence-electron chi connectivity index (χ1n) is 6.80. The van der Waals surface area contributed by atoms with Gasteiger partial charge in [-0.15, -0.1) is 0 Å². The molecule has 106 valence electrons. The second kappa shape index (κ2) is 6.85. The first-order valence-corrected chi connectivity index (χ1v) is 6.80. The molecule has 0 saturated carbocycles. The number of ether oxygens (including phenoxy) is 2. The molecule has 0 bridgehead atoms. The van der Waals surface area contributed by atoms with Crippen LogP contribution in [-0.2, 0) is 0 Å². The molecule has 20 heavy (non-hydrogen) atoms. The molecule has 3 heteroatoms. The average molecular weight is 271 g/mol. The van der Waals surface area contributed by atoms with E-state index in [2.05, 4.69) is 25.2 Å². The van der Waals surface area contributed by atoms with Crippen LogP contribution in [0.15, 0.2) is 48.5 Å². The number of methoxy groups -OCH3 is 1. The SMILES string of the molecule is COc1ccccc1NCC(C)Oc1ccccc1C. The average Bonchev–Trinajstić information content (AvgIpc) is 2.48. The molecule has 2 aromatic carbocycles. The molecule has 2 aromatic rings. The predicted octanol–water partition coefficient (Wildman–Crippen LogP) is 3.88. The van der Waals surface area contributed by atoms with Gasteiger partial charge in [-0.2, -0.15) is 0 Å². The van der Waals surface area contributed by atoms with E-state index in [9.17, 15) is 0 Å². The number of nitrogens with one attached hydrogen (secondary N) is 1. The van der Waals surface area contributed by atoms with E-state index in [1.165, 1.54) is 0 Å². The maximum absolute atomic E-state index is 5.94. The van der Waals surface area contributed by atoms with Crippen molar-refractivity contribution in [2.75, 3.05) is 19.0 Å². The van der Waals surface area contributed by atoms with Crippen molar-refractivity contribution in [2.24, 2.45) is 0 Å². The number of aryl methyl sites for hydroxylation is 1. The van der Waals surface area contributed by atoms with Gasteiger partial charge < -0.3 is 14.8 Å². The summed E-state index contributed by atoms with van der Waals surface area (Å²) in [5.74, 6) is 1.78. The smallest absolute Gasteiger partial charge is 0.141 e. The minimum Gasteiger partial charge on any atom is -0.495 e. The van der Waals surface area contributed by atoms with Crippen LogP contribution in [0, 0.1) is 6.92 Å². The van der Waals surface area contributed by atoms with Crippen LogP contribution in [0.4, 0.5) is 5.69 Å². The number of rotatable bonds is 6. The third-order valence-electron chi connectivity index (χ3n) is 3.11. The Morgan fingerprint density at radius 3 is 2.35 bits per heavy atom.